The van der Waals surface area contributed by atoms with Crippen molar-refractivity contribution in [3.8, 4) is 0 Å². The predicted octanol–water partition coefficient (Wildman–Crippen LogP) is 1.37. The van der Waals surface area contributed by atoms with Gasteiger partial charge in [-0.15, -0.1) is 0 Å². The first-order valence-electron chi connectivity index (χ1n) is 10.5. The zero-order valence-electron chi connectivity index (χ0n) is 17.9. The number of anilines is 1. The molecular weight excluding hydrogens is 436 g/mol. The predicted molar refractivity (Wildman–Crippen MR) is 117 cm³/mol. The van der Waals surface area contributed by atoms with E-state index >= 15 is 0 Å². The molecule has 33 heavy (non-hydrogen) atoms. The topological polar surface area (TPSA) is 111 Å². The monoisotopic (exact) mass is 459 g/mol. The fourth-order valence-corrected chi connectivity index (χ4v) is 3.76. The minimum atomic E-state index is -1.03. The van der Waals surface area contributed by atoms with Gasteiger partial charge >= 0.3 is 11.4 Å². The summed E-state index contributed by atoms with van der Waals surface area (Å²) >= 11 is 0. The van der Waals surface area contributed by atoms with E-state index in [9.17, 15) is 23.2 Å². The molecule has 0 bridgehead atoms. The van der Waals surface area contributed by atoms with E-state index in [0.717, 1.165) is 10.6 Å². The molecule has 174 valence electrons. The normalized spacial score (nSPS) is 14.4. The number of halogens is 2. The zero-order valence-corrected chi connectivity index (χ0v) is 17.9. The standard InChI is InChI=1S/C22H23F2N5O4/c1-13-9-14(10-17(23)18(13)24)11-28-20(26-16-4-7-33-8-5-16)27-21(31)29(22(28)32)12-15-3-2-6-25-19(15)30/h2-3,6,9-10,16H,4-5,7-8,11-12H2,1H3,(H,25,30)(H,26,27,31). The quantitative estimate of drug-likeness (QED) is 0.576. The van der Waals surface area contributed by atoms with E-state index in [-0.39, 0.29) is 36.2 Å². The molecule has 2 N–H and O–H groups in total. The number of hydrogen-bond acceptors (Lipinski definition) is 6. The van der Waals surface area contributed by atoms with Gasteiger partial charge in [-0.1, -0.05) is 12.1 Å². The summed E-state index contributed by atoms with van der Waals surface area (Å²) in [5.41, 5.74) is -1.36. The highest BCUT2D eigenvalue weighted by Crippen LogP contribution is 2.17. The Hall–Kier alpha value is -3.60. The van der Waals surface area contributed by atoms with Crippen molar-refractivity contribution >= 4 is 5.95 Å². The lowest BCUT2D eigenvalue weighted by Crippen LogP contribution is -2.45. The molecule has 1 aliphatic heterocycles. The largest absolute Gasteiger partial charge is 0.381 e. The van der Waals surface area contributed by atoms with Crippen LogP contribution in [0.5, 0.6) is 0 Å². The number of aromatic nitrogens is 4. The van der Waals surface area contributed by atoms with E-state index in [1.165, 1.54) is 29.8 Å². The summed E-state index contributed by atoms with van der Waals surface area (Å²) in [7, 11) is 0. The van der Waals surface area contributed by atoms with Crippen LogP contribution < -0.4 is 22.3 Å². The molecule has 0 spiro atoms. The Kier molecular flexibility index (Phi) is 6.50. The molecule has 4 rings (SSSR count). The fraction of sp³-hybridized carbons (Fsp3) is 0.364. The van der Waals surface area contributed by atoms with Crippen molar-refractivity contribution in [2.75, 3.05) is 18.5 Å². The van der Waals surface area contributed by atoms with Crippen molar-refractivity contribution in [1.82, 2.24) is 19.1 Å². The summed E-state index contributed by atoms with van der Waals surface area (Å²) in [6.07, 6.45) is 2.75. The van der Waals surface area contributed by atoms with E-state index in [2.05, 4.69) is 15.3 Å². The van der Waals surface area contributed by atoms with E-state index in [1.807, 2.05) is 0 Å². The Morgan fingerprint density at radius 2 is 1.91 bits per heavy atom. The number of ether oxygens (including phenoxy) is 1. The van der Waals surface area contributed by atoms with Gasteiger partial charge in [-0.3, -0.25) is 9.36 Å². The van der Waals surface area contributed by atoms with Crippen LogP contribution in [0.25, 0.3) is 0 Å². The molecule has 1 fully saturated rings. The molecule has 3 heterocycles. The van der Waals surface area contributed by atoms with Crippen molar-refractivity contribution in [2.24, 2.45) is 0 Å². The van der Waals surface area contributed by atoms with Gasteiger partial charge in [-0.25, -0.2) is 22.9 Å². The highest BCUT2D eigenvalue weighted by atomic mass is 19.2. The molecule has 0 unspecified atom stereocenters. The Labute approximate surface area is 186 Å². The SMILES string of the molecule is Cc1cc(Cn2c(NC3CCOCC3)nc(=O)n(Cc3ccc[nH]c3=O)c2=O)cc(F)c1F. The molecule has 1 saturated heterocycles. The Bertz CT molecular complexity index is 1320. The number of nitrogens with zero attached hydrogens (tertiary/aromatic N) is 3. The van der Waals surface area contributed by atoms with Gasteiger partial charge in [-0.05, 0) is 43.0 Å². The minimum Gasteiger partial charge on any atom is -0.381 e. The third kappa shape index (κ3) is 4.92. The highest BCUT2D eigenvalue weighted by Gasteiger charge is 2.20. The van der Waals surface area contributed by atoms with Gasteiger partial charge in [0.05, 0.1) is 13.1 Å². The molecule has 0 saturated carbocycles. The fourth-order valence-electron chi connectivity index (χ4n) is 3.76. The zero-order chi connectivity index (χ0) is 23.5. The van der Waals surface area contributed by atoms with Gasteiger partial charge in [0.25, 0.3) is 5.56 Å². The second-order valence-electron chi connectivity index (χ2n) is 7.94. The second-order valence-corrected chi connectivity index (χ2v) is 7.94. The first-order chi connectivity index (χ1) is 15.8. The molecule has 1 aromatic carbocycles. The van der Waals surface area contributed by atoms with Crippen molar-refractivity contribution in [1.29, 1.82) is 0 Å². The van der Waals surface area contributed by atoms with E-state index in [0.29, 0.717) is 31.6 Å². The molecule has 11 heteroatoms. The maximum Gasteiger partial charge on any atom is 0.355 e. The summed E-state index contributed by atoms with van der Waals surface area (Å²) < 4.78 is 35.1. The van der Waals surface area contributed by atoms with E-state index < -0.39 is 28.6 Å². The molecule has 0 radical (unpaired) electrons. The summed E-state index contributed by atoms with van der Waals surface area (Å²) in [5.74, 6) is -1.97. The number of nitrogens with one attached hydrogen (secondary N) is 2. The van der Waals surface area contributed by atoms with Crippen LogP contribution in [0.4, 0.5) is 14.7 Å². The number of hydrogen-bond donors (Lipinski definition) is 2. The van der Waals surface area contributed by atoms with Gasteiger partial charge in [0.15, 0.2) is 11.6 Å². The number of aryl methyl sites for hydroxylation is 1. The van der Waals surface area contributed by atoms with Crippen LogP contribution in [-0.2, 0) is 17.8 Å². The molecule has 2 aromatic heterocycles. The van der Waals surface area contributed by atoms with Crippen molar-refractivity contribution in [3.63, 3.8) is 0 Å². The van der Waals surface area contributed by atoms with Gasteiger partial charge in [0.1, 0.15) is 0 Å². The lowest BCUT2D eigenvalue weighted by Gasteiger charge is -2.25. The molecule has 0 atom stereocenters. The van der Waals surface area contributed by atoms with Crippen LogP contribution in [0.15, 0.2) is 44.8 Å². The van der Waals surface area contributed by atoms with Crippen LogP contribution in [0.1, 0.15) is 29.5 Å². The average molecular weight is 459 g/mol. The summed E-state index contributed by atoms with van der Waals surface area (Å²) in [6, 6.07) is 5.45. The second kappa shape index (κ2) is 9.49. The summed E-state index contributed by atoms with van der Waals surface area (Å²) in [5, 5.41) is 3.12. The third-order valence-corrected chi connectivity index (χ3v) is 5.54. The third-order valence-electron chi connectivity index (χ3n) is 5.54. The van der Waals surface area contributed by atoms with Crippen LogP contribution in [0, 0.1) is 18.6 Å². The van der Waals surface area contributed by atoms with Gasteiger partial charge in [0.2, 0.25) is 5.95 Å². The lowest BCUT2D eigenvalue weighted by molar-refractivity contribution is 0.0902. The van der Waals surface area contributed by atoms with Gasteiger partial charge < -0.3 is 15.0 Å². The summed E-state index contributed by atoms with van der Waals surface area (Å²) in [4.78, 5) is 44.7. The first-order valence-corrected chi connectivity index (χ1v) is 10.5. The average Bonchev–Trinajstić information content (AvgIpc) is 2.79. The Morgan fingerprint density at radius 3 is 2.61 bits per heavy atom. The van der Waals surface area contributed by atoms with Crippen LogP contribution in [0.3, 0.4) is 0 Å². The lowest BCUT2D eigenvalue weighted by atomic mass is 10.1. The number of aromatic amines is 1. The molecule has 0 aliphatic carbocycles. The number of rotatable bonds is 6. The van der Waals surface area contributed by atoms with Crippen LogP contribution in [-0.4, -0.2) is 38.4 Å². The van der Waals surface area contributed by atoms with Crippen LogP contribution >= 0.6 is 0 Å². The maximum atomic E-state index is 14.0. The molecular formula is C22H23F2N5O4. The minimum absolute atomic E-state index is 0.0255. The van der Waals surface area contributed by atoms with Crippen LogP contribution in [0.2, 0.25) is 0 Å². The number of benzene rings is 1. The molecule has 0 amide bonds. The highest BCUT2D eigenvalue weighted by molar-refractivity contribution is 5.30. The van der Waals surface area contributed by atoms with Gasteiger partial charge in [0, 0.05) is 31.0 Å². The molecule has 1 aliphatic rings. The Balaban J connectivity index is 1.79. The van der Waals surface area contributed by atoms with Gasteiger partial charge in [-0.2, -0.15) is 4.98 Å². The van der Waals surface area contributed by atoms with Crippen molar-refractivity contribution < 1.29 is 13.5 Å². The van der Waals surface area contributed by atoms with Crippen molar-refractivity contribution in [3.05, 3.63) is 90.1 Å². The summed E-state index contributed by atoms with van der Waals surface area (Å²) in [6.45, 7) is 2.04. The first kappa shape index (κ1) is 22.6. The number of H-pyrrole nitrogens is 1. The molecule has 3 aromatic rings. The van der Waals surface area contributed by atoms with E-state index in [4.69, 9.17) is 4.74 Å². The number of pyridine rings is 1. The molecule has 9 nitrogen and oxygen atoms in total. The Morgan fingerprint density at radius 1 is 1.15 bits per heavy atom. The smallest absolute Gasteiger partial charge is 0.355 e. The maximum absolute atomic E-state index is 14.0. The van der Waals surface area contributed by atoms with Crippen molar-refractivity contribution in [2.45, 2.75) is 38.9 Å². The van der Waals surface area contributed by atoms with E-state index in [1.54, 1.807) is 6.07 Å².